The van der Waals surface area contributed by atoms with Crippen LogP contribution in [0.5, 0.6) is 0 Å². The predicted molar refractivity (Wildman–Crippen MR) is 59.1 cm³/mol. The molecule has 0 bridgehead atoms. The number of thiazole rings is 1. The molecule has 0 unspecified atom stereocenters. The second kappa shape index (κ2) is 4.06. The van der Waals surface area contributed by atoms with E-state index in [9.17, 15) is 10.1 Å². The molecule has 0 fully saturated rings. The average Bonchev–Trinajstić information content (AvgIpc) is 2.96. The topological polar surface area (TPSA) is 63.0 Å². The van der Waals surface area contributed by atoms with Crippen molar-refractivity contribution in [1.29, 1.82) is 5.26 Å². The van der Waals surface area contributed by atoms with Crippen molar-refractivity contribution in [1.82, 2.24) is 4.98 Å². The quantitative estimate of drug-likeness (QED) is 0.580. The number of carbonyl (C=O) groups excluding carboxylic acids is 1. The minimum Gasteiger partial charge on any atom is -0.464 e. The number of hydrogen-bond donors (Lipinski definition) is 0. The molecule has 1 aliphatic rings. The number of allylic oxidation sites excluding steroid dienone is 2. The summed E-state index contributed by atoms with van der Waals surface area (Å²) in [5.74, 6) is -0.457. The third-order valence-electron chi connectivity index (χ3n) is 2.62. The van der Waals surface area contributed by atoms with E-state index in [0.29, 0.717) is 17.8 Å². The van der Waals surface area contributed by atoms with E-state index in [1.54, 1.807) is 5.38 Å². The van der Waals surface area contributed by atoms with Gasteiger partial charge in [-0.15, -0.1) is 11.3 Å². The van der Waals surface area contributed by atoms with Crippen molar-refractivity contribution < 1.29 is 9.53 Å². The maximum Gasteiger partial charge on any atom is 0.357 e. The van der Waals surface area contributed by atoms with Crippen LogP contribution in [0.2, 0.25) is 0 Å². The molecule has 4 nitrogen and oxygen atoms in total. The van der Waals surface area contributed by atoms with E-state index in [-0.39, 0.29) is 5.69 Å². The fourth-order valence-electron chi connectivity index (χ4n) is 1.66. The summed E-state index contributed by atoms with van der Waals surface area (Å²) in [6.45, 7) is 0. The van der Waals surface area contributed by atoms with Gasteiger partial charge in [0.15, 0.2) is 5.69 Å². The van der Waals surface area contributed by atoms with Crippen molar-refractivity contribution >= 4 is 17.3 Å². The summed E-state index contributed by atoms with van der Waals surface area (Å²) < 4.78 is 4.59. The zero-order chi connectivity index (χ0) is 11.6. The summed E-state index contributed by atoms with van der Waals surface area (Å²) in [4.78, 5) is 15.4. The first-order valence-electron chi connectivity index (χ1n) is 4.82. The van der Waals surface area contributed by atoms with E-state index < -0.39 is 11.4 Å². The van der Waals surface area contributed by atoms with Gasteiger partial charge in [-0.05, 0) is 12.8 Å². The molecule has 0 aromatic carbocycles. The van der Waals surface area contributed by atoms with Gasteiger partial charge in [0, 0.05) is 5.38 Å². The van der Waals surface area contributed by atoms with Crippen LogP contribution < -0.4 is 0 Å². The SMILES string of the molecule is COC(=O)c1csc(C2(C#N)CC=CC2)n1. The maximum atomic E-state index is 11.3. The number of hydrogen-bond acceptors (Lipinski definition) is 5. The molecule has 16 heavy (non-hydrogen) atoms. The Bertz CT molecular complexity index is 476. The van der Waals surface area contributed by atoms with E-state index >= 15 is 0 Å². The largest absolute Gasteiger partial charge is 0.464 e. The summed E-state index contributed by atoms with van der Waals surface area (Å²) in [6.07, 6.45) is 5.28. The Morgan fingerprint density at radius 2 is 2.31 bits per heavy atom. The molecule has 82 valence electrons. The lowest BCUT2D eigenvalue weighted by Gasteiger charge is -2.16. The molecular formula is C11H10N2O2S. The lowest BCUT2D eigenvalue weighted by atomic mass is 9.88. The van der Waals surface area contributed by atoms with Gasteiger partial charge in [0.25, 0.3) is 0 Å². The van der Waals surface area contributed by atoms with Crippen LogP contribution in [0.15, 0.2) is 17.5 Å². The van der Waals surface area contributed by atoms with Gasteiger partial charge in [-0.3, -0.25) is 0 Å². The van der Waals surface area contributed by atoms with Crippen molar-refractivity contribution in [3.63, 3.8) is 0 Å². The van der Waals surface area contributed by atoms with E-state index in [4.69, 9.17) is 0 Å². The molecular weight excluding hydrogens is 224 g/mol. The Kier molecular flexibility index (Phi) is 2.75. The van der Waals surface area contributed by atoms with Crippen LogP contribution in [0.4, 0.5) is 0 Å². The van der Waals surface area contributed by atoms with E-state index in [1.165, 1.54) is 18.4 Å². The molecule has 0 radical (unpaired) electrons. The number of nitriles is 1. The average molecular weight is 234 g/mol. The minimum absolute atomic E-state index is 0.282. The molecule has 0 atom stereocenters. The Labute approximate surface area is 97.2 Å². The molecule has 1 aromatic heterocycles. The summed E-state index contributed by atoms with van der Waals surface area (Å²) >= 11 is 1.34. The highest BCUT2D eigenvalue weighted by molar-refractivity contribution is 7.10. The smallest absolute Gasteiger partial charge is 0.357 e. The van der Waals surface area contributed by atoms with Crippen LogP contribution in [-0.2, 0) is 10.2 Å². The first kappa shape index (κ1) is 10.8. The van der Waals surface area contributed by atoms with Crippen LogP contribution in [0.25, 0.3) is 0 Å². The van der Waals surface area contributed by atoms with Gasteiger partial charge in [0.05, 0.1) is 13.2 Å². The van der Waals surface area contributed by atoms with E-state index in [1.807, 2.05) is 12.2 Å². The maximum absolute atomic E-state index is 11.3. The minimum atomic E-state index is -0.572. The lowest BCUT2D eigenvalue weighted by Crippen LogP contribution is -2.19. The molecule has 5 heteroatoms. The molecule has 1 aromatic rings. The molecule has 0 saturated heterocycles. The van der Waals surface area contributed by atoms with Gasteiger partial charge in [0.1, 0.15) is 10.4 Å². The second-order valence-electron chi connectivity index (χ2n) is 3.60. The van der Waals surface area contributed by atoms with Gasteiger partial charge in [-0.1, -0.05) is 12.2 Å². The summed E-state index contributed by atoms with van der Waals surface area (Å²) in [6, 6.07) is 2.30. The highest BCUT2D eigenvalue weighted by atomic mass is 32.1. The van der Waals surface area contributed by atoms with Gasteiger partial charge in [-0.25, -0.2) is 9.78 Å². The molecule has 0 spiro atoms. The van der Waals surface area contributed by atoms with E-state index in [0.717, 1.165) is 0 Å². The lowest BCUT2D eigenvalue weighted by molar-refractivity contribution is 0.0594. The first-order valence-corrected chi connectivity index (χ1v) is 5.70. The summed E-state index contributed by atoms with van der Waals surface area (Å²) in [5.41, 5.74) is -0.291. The number of esters is 1. The predicted octanol–water partition coefficient (Wildman–Crippen LogP) is 2.04. The normalized spacial score (nSPS) is 17.0. The fourth-order valence-corrected chi connectivity index (χ4v) is 2.62. The molecule has 0 amide bonds. The van der Waals surface area contributed by atoms with Crippen molar-refractivity contribution in [2.45, 2.75) is 18.3 Å². The standard InChI is InChI=1S/C11H10N2O2S/c1-15-9(14)8-6-16-10(13-8)11(7-12)4-2-3-5-11/h2-3,6H,4-5H2,1H3. The van der Waals surface area contributed by atoms with Crippen molar-refractivity contribution in [3.05, 3.63) is 28.2 Å². The second-order valence-corrected chi connectivity index (χ2v) is 4.46. The summed E-state index contributed by atoms with van der Waals surface area (Å²) in [7, 11) is 1.32. The van der Waals surface area contributed by atoms with Crippen LogP contribution in [-0.4, -0.2) is 18.1 Å². The number of methoxy groups -OCH3 is 1. The van der Waals surface area contributed by atoms with E-state index in [2.05, 4.69) is 15.8 Å². The molecule has 0 N–H and O–H groups in total. The van der Waals surface area contributed by atoms with Crippen molar-refractivity contribution in [2.75, 3.05) is 7.11 Å². The van der Waals surface area contributed by atoms with Crippen LogP contribution in [0, 0.1) is 11.3 Å². The Morgan fingerprint density at radius 1 is 1.62 bits per heavy atom. The third-order valence-corrected chi connectivity index (χ3v) is 3.67. The molecule has 2 rings (SSSR count). The van der Waals surface area contributed by atoms with Gasteiger partial charge in [-0.2, -0.15) is 5.26 Å². The Balaban J connectivity index is 2.31. The molecule has 1 heterocycles. The number of aromatic nitrogens is 1. The zero-order valence-corrected chi connectivity index (χ0v) is 9.58. The molecule has 0 saturated carbocycles. The van der Waals surface area contributed by atoms with Gasteiger partial charge >= 0.3 is 5.97 Å². The number of carbonyl (C=O) groups is 1. The number of nitrogens with zero attached hydrogens (tertiary/aromatic N) is 2. The third kappa shape index (κ3) is 1.61. The molecule has 1 aliphatic carbocycles. The van der Waals surface area contributed by atoms with Crippen LogP contribution >= 0.6 is 11.3 Å². The Hall–Kier alpha value is -1.67. The number of ether oxygens (including phenoxy) is 1. The zero-order valence-electron chi connectivity index (χ0n) is 8.77. The van der Waals surface area contributed by atoms with Gasteiger partial charge < -0.3 is 4.74 Å². The summed E-state index contributed by atoms with van der Waals surface area (Å²) in [5, 5.41) is 11.6. The van der Waals surface area contributed by atoms with Crippen molar-refractivity contribution in [2.24, 2.45) is 0 Å². The highest BCUT2D eigenvalue weighted by Gasteiger charge is 2.36. The van der Waals surface area contributed by atoms with Gasteiger partial charge in [0.2, 0.25) is 0 Å². The number of rotatable bonds is 2. The monoisotopic (exact) mass is 234 g/mol. The highest BCUT2D eigenvalue weighted by Crippen LogP contribution is 2.38. The molecule has 0 aliphatic heterocycles. The van der Waals surface area contributed by atoms with Crippen LogP contribution in [0.3, 0.4) is 0 Å². The fraction of sp³-hybridized carbons (Fsp3) is 0.364. The van der Waals surface area contributed by atoms with Crippen LogP contribution in [0.1, 0.15) is 28.3 Å². The van der Waals surface area contributed by atoms with Crippen molar-refractivity contribution in [3.8, 4) is 6.07 Å². The Morgan fingerprint density at radius 3 is 2.88 bits per heavy atom. The first-order chi connectivity index (χ1) is 7.72.